The van der Waals surface area contributed by atoms with Gasteiger partial charge in [0.1, 0.15) is 11.3 Å². The van der Waals surface area contributed by atoms with E-state index >= 15 is 0 Å². The van der Waals surface area contributed by atoms with Crippen LogP contribution >= 0.6 is 0 Å². The SMILES string of the molecule is c1ccc(-c2nc(-c3ccc(-c4ccc(-c5ccc(-c6c7ccccc7cc7c6ccc6ccccc67)cc5)cc4)cc3)cc(-c3ccccc3-c3cc4ccccc4o3)n2)cc1. The van der Waals surface area contributed by atoms with Crippen LogP contribution < -0.4 is 0 Å². The fourth-order valence-electron chi connectivity index (χ4n) is 9.13. The Morgan fingerprint density at radius 1 is 0.286 bits per heavy atom. The van der Waals surface area contributed by atoms with E-state index in [1.54, 1.807) is 0 Å². The molecule has 0 atom stereocenters. The van der Waals surface area contributed by atoms with Gasteiger partial charge in [0.25, 0.3) is 0 Å². The van der Waals surface area contributed by atoms with E-state index in [0.717, 1.165) is 61.5 Å². The van der Waals surface area contributed by atoms with Crippen molar-refractivity contribution in [2.24, 2.45) is 0 Å². The Morgan fingerprint density at radius 2 is 0.825 bits per heavy atom. The molecule has 2 aromatic heterocycles. The van der Waals surface area contributed by atoms with Gasteiger partial charge in [0.15, 0.2) is 5.82 Å². The topological polar surface area (TPSA) is 38.9 Å². The van der Waals surface area contributed by atoms with Crippen LogP contribution in [-0.4, -0.2) is 9.97 Å². The molecule has 3 nitrogen and oxygen atoms in total. The van der Waals surface area contributed by atoms with Crippen LogP contribution in [0.25, 0.3) is 122 Å². The van der Waals surface area contributed by atoms with Crippen LogP contribution in [0.2, 0.25) is 0 Å². The lowest BCUT2D eigenvalue weighted by Gasteiger charge is -2.14. The Hall–Kier alpha value is -8.40. The molecule has 10 aromatic carbocycles. The zero-order valence-corrected chi connectivity index (χ0v) is 34.2. The van der Waals surface area contributed by atoms with Gasteiger partial charge >= 0.3 is 0 Å². The number of fused-ring (bicyclic) bond motifs is 5. The van der Waals surface area contributed by atoms with Gasteiger partial charge in [-0.25, -0.2) is 9.97 Å². The predicted octanol–water partition coefficient (Wildman–Crippen LogP) is 16.4. The average Bonchev–Trinajstić information content (AvgIpc) is 3.81. The minimum Gasteiger partial charge on any atom is -0.456 e. The molecule has 0 aliphatic heterocycles. The largest absolute Gasteiger partial charge is 0.456 e. The number of hydrogen-bond acceptors (Lipinski definition) is 3. The third-order valence-electron chi connectivity index (χ3n) is 12.3. The van der Waals surface area contributed by atoms with E-state index in [9.17, 15) is 0 Å². The maximum absolute atomic E-state index is 6.35. The van der Waals surface area contributed by atoms with Crippen molar-refractivity contribution in [1.82, 2.24) is 9.97 Å². The summed E-state index contributed by atoms with van der Waals surface area (Å²) in [6.45, 7) is 0. The quantitative estimate of drug-likeness (QED) is 0.119. The van der Waals surface area contributed by atoms with Crippen LogP contribution in [0.5, 0.6) is 0 Å². The summed E-state index contributed by atoms with van der Waals surface area (Å²) >= 11 is 0. The minimum atomic E-state index is 0.675. The van der Waals surface area contributed by atoms with E-state index in [-0.39, 0.29) is 0 Å². The van der Waals surface area contributed by atoms with Crippen molar-refractivity contribution < 1.29 is 4.42 Å². The molecule has 0 radical (unpaired) electrons. The van der Waals surface area contributed by atoms with Crippen molar-refractivity contribution in [3.05, 3.63) is 231 Å². The zero-order valence-electron chi connectivity index (χ0n) is 34.2. The Balaban J connectivity index is 0.852. The first kappa shape index (κ1) is 36.5. The van der Waals surface area contributed by atoms with Gasteiger partial charge in [-0.15, -0.1) is 0 Å². The summed E-state index contributed by atoms with van der Waals surface area (Å²) < 4.78 is 6.35. The van der Waals surface area contributed by atoms with Crippen molar-refractivity contribution >= 4 is 43.3 Å². The van der Waals surface area contributed by atoms with Crippen molar-refractivity contribution in [3.8, 4) is 78.6 Å². The van der Waals surface area contributed by atoms with Crippen LogP contribution in [0.4, 0.5) is 0 Å². The second-order valence-electron chi connectivity index (χ2n) is 16.1. The van der Waals surface area contributed by atoms with Gasteiger partial charge < -0.3 is 4.42 Å². The molecule has 2 heterocycles. The summed E-state index contributed by atoms with van der Waals surface area (Å²) in [7, 11) is 0. The fraction of sp³-hybridized carbons (Fsp3) is 0. The van der Waals surface area contributed by atoms with Crippen molar-refractivity contribution in [1.29, 1.82) is 0 Å². The number of benzene rings is 10. The highest BCUT2D eigenvalue weighted by Crippen LogP contribution is 2.41. The number of nitrogens with zero attached hydrogens (tertiary/aromatic N) is 2. The number of hydrogen-bond donors (Lipinski definition) is 0. The number of aromatic nitrogens is 2. The normalized spacial score (nSPS) is 11.5. The molecule has 0 aliphatic carbocycles. The molecular formula is C60H38N2O. The first-order valence-corrected chi connectivity index (χ1v) is 21.4. The zero-order chi connectivity index (χ0) is 41.7. The first-order chi connectivity index (χ1) is 31.2. The maximum atomic E-state index is 6.35. The molecule has 0 saturated heterocycles. The lowest BCUT2D eigenvalue weighted by molar-refractivity contribution is 0.632. The number of para-hydroxylation sites is 1. The summed E-state index contributed by atoms with van der Waals surface area (Å²) in [5, 5.41) is 8.70. The molecule has 3 heteroatoms. The van der Waals surface area contributed by atoms with Gasteiger partial charge in [0.05, 0.1) is 11.4 Å². The molecule has 0 unspecified atom stereocenters. The first-order valence-electron chi connectivity index (χ1n) is 21.4. The van der Waals surface area contributed by atoms with Gasteiger partial charge in [0.2, 0.25) is 0 Å². The molecule has 294 valence electrons. The standard InChI is InChI=1S/C60H38N2O/c1-2-13-46(14-3-1)60-61-55(38-56(62-60)51-19-9-10-20-52(51)58-37-48-16-6-11-21-57(48)63-58)44-30-26-41(27-31-44)39-22-24-40(25-23-39)42-28-32-45(33-29-42)59-50-18-8-5-15-47(50)36-54-49-17-7-4-12-43(49)34-35-53(54)59/h1-38H. The van der Waals surface area contributed by atoms with E-state index in [0.29, 0.717) is 5.82 Å². The van der Waals surface area contributed by atoms with E-state index in [2.05, 4.69) is 188 Å². The van der Waals surface area contributed by atoms with Crippen LogP contribution in [-0.2, 0) is 0 Å². The Bertz CT molecular complexity index is 3610. The third kappa shape index (κ3) is 6.64. The van der Waals surface area contributed by atoms with Gasteiger partial charge in [-0.05, 0) is 90.0 Å². The van der Waals surface area contributed by atoms with E-state index in [4.69, 9.17) is 14.4 Å². The van der Waals surface area contributed by atoms with Crippen molar-refractivity contribution in [2.45, 2.75) is 0 Å². The van der Waals surface area contributed by atoms with Gasteiger partial charge in [-0.2, -0.15) is 0 Å². The molecule has 0 bridgehead atoms. The van der Waals surface area contributed by atoms with Gasteiger partial charge in [-0.3, -0.25) is 0 Å². The lowest BCUT2D eigenvalue weighted by atomic mass is 9.89. The molecule has 0 saturated carbocycles. The van der Waals surface area contributed by atoms with Gasteiger partial charge in [0, 0.05) is 27.6 Å². The van der Waals surface area contributed by atoms with E-state index in [1.165, 1.54) is 54.6 Å². The van der Waals surface area contributed by atoms with E-state index < -0.39 is 0 Å². The highest BCUT2D eigenvalue weighted by molar-refractivity contribution is 6.20. The van der Waals surface area contributed by atoms with Crippen molar-refractivity contribution in [2.75, 3.05) is 0 Å². The molecule has 0 spiro atoms. The average molecular weight is 803 g/mol. The monoisotopic (exact) mass is 802 g/mol. The summed E-state index contributed by atoms with van der Waals surface area (Å²) in [5.74, 6) is 1.48. The summed E-state index contributed by atoms with van der Waals surface area (Å²) in [4.78, 5) is 10.3. The second-order valence-corrected chi connectivity index (χ2v) is 16.1. The highest BCUT2D eigenvalue weighted by atomic mass is 16.3. The number of furan rings is 1. The molecule has 0 aliphatic rings. The fourth-order valence-corrected chi connectivity index (χ4v) is 9.13. The maximum Gasteiger partial charge on any atom is 0.160 e. The smallest absolute Gasteiger partial charge is 0.160 e. The molecular weight excluding hydrogens is 765 g/mol. The minimum absolute atomic E-state index is 0.675. The highest BCUT2D eigenvalue weighted by Gasteiger charge is 2.17. The summed E-state index contributed by atoms with van der Waals surface area (Å²) in [6.07, 6.45) is 0. The van der Waals surface area contributed by atoms with Crippen molar-refractivity contribution in [3.63, 3.8) is 0 Å². The van der Waals surface area contributed by atoms with Gasteiger partial charge in [-0.1, -0.05) is 206 Å². The van der Waals surface area contributed by atoms with Crippen LogP contribution in [0, 0.1) is 0 Å². The van der Waals surface area contributed by atoms with Crippen LogP contribution in [0.1, 0.15) is 0 Å². The predicted molar refractivity (Wildman–Crippen MR) is 262 cm³/mol. The second kappa shape index (κ2) is 15.3. The summed E-state index contributed by atoms with van der Waals surface area (Å²) in [5.41, 5.74) is 13.7. The third-order valence-corrected chi connectivity index (χ3v) is 12.3. The Labute approximate surface area is 365 Å². The lowest BCUT2D eigenvalue weighted by Crippen LogP contribution is -1.97. The molecule has 0 amide bonds. The summed E-state index contributed by atoms with van der Waals surface area (Å²) in [6, 6.07) is 81.7. The Kier molecular flexibility index (Phi) is 8.83. The molecule has 63 heavy (non-hydrogen) atoms. The van der Waals surface area contributed by atoms with Crippen LogP contribution in [0.15, 0.2) is 235 Å². The molecule has 0 fully saturated rings. The Morgan fingerprint density at radius 3 is 1.52 bits per heavy atom. The number of rotatable bonds is 7. The van der Waals surface area contributed by atoms with E-state index in [1.807, 2.05) is 42.5 Å². The molecule has 0 N–H and O–H groups in total. The van der Waals surface area contributed by atoms with Crippen LogP contribution in [0.3, 0.4) is 0 Å². The molecule has 12 aromatic rings. The molecule has 12 rings (SSSR count).